The van der Waals surface area contributed by atoms with Gasteiger partial charge in [-0.3, -0.25) is 0 Å². The second-order valence-corrected chi connectivity index (χ2v) is 7.69. The normalized spacial score (nSPS) is 29.1. The van der Waals surface area contributed by atoms with Crippen LogP contribution < -0.4 is 4.90 Å². The number of rotatable bonds is 3. The van der Waals surface area contributed by atoms with E-state index in [0.717, 1.165) is 31.6 Å². The topological polar surface area (TPSA) is 57.6 Å². The molecule has 0 spiro atoms. The molecule has 1 heterocycles. The van der Waals surface area contributed by atoms with Crippen LogP contribution in [0.1, 0.15) is 12.8 Å². The van der Waals surface area contributed by atoms with Gasteiger partial charge in [0, 0.05) is 24.7 Å². The van der Waals surface area contributed by atoms with Crippen LogP contribution in [0.2, 0.25) is 0 Å². The van der Waals surface area contributed by atoms with Crippen molar-refractivity contribution in [2.45, 2.75) is 29.6 Å². The number of aliphatic hydroxyl groups excluding tert-OH is 1. The molecule has 0 radical (unpaired) electrons. The predicted octanol–water partition coefficient (Wildman–Crippen LogP) is 1.89. The number of hydrogen-bond acceptors (Lipinski definition) is 4. The summed E-state index contributed by atoms with van der Waals surface area (Å²) < 4.78 is 47.7. The first kappa shape index (κ1) is 14.7. The molecule has 116 valence electrons. The monoisotopic (exact) mass is 317 g/mol. The Morgan fingerprint density at radius 2 is 1.81 bits per heavy atom. The third kappa shape index (κ3) is 2.53. The molecule has 21 heavy (non-hydrogen) atoms. The summed E-state index contributed by atoms with van der Waals surface area (Å²) in [6, 6.07) is 5.56. The quantitative estimate of drug-likeness (QED) is 0.925. The van der Waals surface area contributed by atoms with Gasteiger partial charge in [-0.15, -0.1) is 0 Å². The zero-order valence-corrected chi connectivity index (χ0v) is 12.1. The van der Waals surface area contributed by atoms with Crippen molar-refractivity contribution < 1.29 is 22.3 Å². The van der Waals surface area contributed by atoms with Crippen molar-refractivity contribution in [3.8, 4) is 0 Å². The molecular weight excluding hydrogens is 300 g/mol. The minimum Gasteiger partial charge on any atom is -0.393 e. The Kier molecular flexibility index (Phi) is 3.65. The third-order valence-corrected chi connectivity index (χ3v) is 5.98. The minimum atomic E-state index is -4.53. The van der Waals surface area contributed by atoms with Crippen molar-refractivity contribution in [1.82, 2.24) is 0 Å². The minimum absolute atomic E-state index is 0.259. The zero-order chi connectivity index (χ0) is 15.2. The Balaban J connectivity index is 1.77. The maximum absolute atomic E-state index is 12.5. The van der Waals surface area contributed by atoms with E-state index in [1.54, 1.807) is 12.1 Å². The molecule has 1 saturated heterocycles. The van der Waals surface area contributed by atoms with Gasteiger partial charge in [-0.2, -0.15) is 8.78 Å². The Morgan fingerprint density at radius 1 is 1.14 bits per heavy atom. The lowest BCUT2D eigenvalue weighted by Gasteiger charge is -2.20. The van der Waals surface area contributed by atoms with Gasteiger partial charge >= 0.3 is 5.76 Å². The molecule has 2 fully saturated rings. The number of hydrogen-bond donors (Lipinski definition) is 1. The van der Waals surface area contributed by atoms with E-state index in [2.05, 4.69) is 4.90 Å². The number of anilines is 1. The molecule has 1 aromatic rings. The summed E-state index contributed by atoms with van der Waals surface area (Å²) in [4.78, 5) is 1.72. The lowest BCUT2D eigenvalue weighted by Crippen LogP contribution is -2.24. The highest BCUT2D eigenvalue weighted by atomic mass is 32.2. The number of benzene rings is 1. The number of sulfone groups is 1. The van der Waals surface area contributed by atoms with E-state index in [4.69, 9.17) is 0 Å². The molecule has 1 aliphatic carbocycles. The highest BCUT2D eigenvalue weighted by Crippen LogP contribution is 2.40. The van der Waals surface area contributed by atoms with E-state index < -0.39 is 15.6 Å². The Morgan fingerprint density at radius 3 is 2.38 bits per heavy atom. The van der Waals surface area contributed by atoms with E-state index >= 15 is 0 Å². The van der Waals surface area contributed by atoms with Crippen molar-refractivity contribution in [1.29, 1.82) is 0 Å². The van der Waals surface area contributed by atoms with Crippen molar-refractivity contribution in [3.63, 3.8) is 0 Å². The maximum Gasteiger partial charge on any atom is 0.341 e. The van der Waals surface area contributed by atoms with Crippen LogP contribution in [0.3, 0.4) is 0 Å². The van der Waals surface area contributed by atoms with Crippen LogP contribution in [-0.4, -0.2) is 38.5 Å². The molecule has 0 bridgehead atoms. The van der Waals surface area contributed by atoms with Crippen LogP contribution in [0.15, 0.2) is 29.2 Å². The van der Waals surface area contributed by atoms with Crippen LogP contribution in [0, 0.1) is 11.8 Å². The molecule has 3 rings (SSSR count). The van der Waals surface area contributed by atoms with Gasteiger partial charge in [-0.1, -0.05) is 0 Å². The Labute approximate surface area is 122 Å². The zero-order valence-electron chi connectivity index (χ0n) is 11.3. The second kappa shape index (κ2) is 5.21. The van der Waals surface area contributed by atoms with Gasteiger partial charge in [0.15, 0.2) is 0 Å². The standard InChI is InChI=1S/C14H17F2NO3S/c15-14(16)21(19,20)11-4-2-10(3-5-11)17-7-9-1-6-13(18)12(9)8-17/h2-5,9,12-14,18H,1,6-8H2. The highest BCUT2D eigenvalue weighted by Gasteiger charge is 2.41. The predicted molar refractivity (Wildman–Crippen MR) is 74.1 cm³/mol. The second-order valence-electron chi connectivity index (χ2n) is 5.77. The van der Waals surface area contributed by atoms with E-state index in [-0.39, 0.29) is 16.9 Å². The highest BCUT2D eigenvalue weighted by molar-refractivity contribution is 7.91. The third-order valence-electron chi connectivity index (χ3n) is 4.58. The van der Waals surface area contributed by atoms with Gasteiger partial charge in [-0.25, -0.2) is 8.42 Å². The first-order chi connectivity index (χ1) is 9.89. The maximum atomic E-state index is 12.5. The average molecular weight is 317 g/mol. The lowest BCUT2D eigenvalue weighted by molar-refractivity contribution is 0.133. The SMILES string of the molecule is O=S(=O)(c1ccc(N2CC3CCC(O)C3C2)cc1)C(F)F. The molecule has 0 amide bonds. The fourth-order valence-electron chi connectivity index (χ4n) is 3.40. The number of alkyl halides is 2. The lowest BCUT2D eigenvalue weighted by atomic mass is 10.00. The van der Waals surface area contributed by atoms with Gasteiger partial charge < -0.3 is 10.0 Å². The molecule has 4 nitrogen and oxygen atoms in total. The van der Waals surface area contributed by atoms with Gasteiger partial charge in [0.1, 0.15) is 0 Å². The Hall–Kier alpha value is -1.21. The fourth-order valence-corrected chi connectivity index (χ4v) is 4.12. The summed E-state index contributed by atoms with van der Waals surface area (Å²) >= 11 is 0. The number of aliphatic hydroxyl groups is 1. The molecule has 2 aliphatic rings. The van der Waals surface area contributed by atoms with Crippen LogP contribution >= 0.6 is 0 Å². The molecule has 0 aromatic heterocycles. The van der Waals surface area contributed by atoms with Gasteiger partial charge in [0.2, 0.25) is 9.84 Å². The molecule has 7 heteroatoms. The molecular formula is C14H17F2NO3S. The van der Waals surface area contributed by atoms with Crippen molar-refractivity contribution in [2.75, 3.05) is 18.0 Å². The van der Waals surface area contributed by atoms with Crippen LogP contribution in [0.25, 0.3) is 0 Å². The first-order valence-corrected chi connectivity index (χ1v) is 8.49. The van der Waals surface area contributed by atoms with Crippen LogP contribution in [0.4, 0.5) is 14.5 Å². The molecule has 3 unspecified atom stereocenters. The molecule has 3 atom stereocenters. The first-order valence-electron chi connectivity index (χ1n) is 6.94. The molecule has 1 N–H and O–H groups in total. The summed E-state index contributed by atoms with van der Waals surface area (Å²) in [6.45, 7) is 1.55. The van der Waals surface area contributed by atoms with Crippen molar-refractivity contribution in [2.24, 2.45) is 11.8 Å². The van der Waals surface area contributed by atoms with Crippen molar-refractivity contribution in [3.05, 3.63) is 24.3 Å². The summed E-state index contributed by atoms with van der Waals surface area (Å²) in [5.74, 6) is -2.68. The summed E-state index contributed by atoms with van der Waals surface area (Å²) in [5, 5.41) is 9.89. The summed E-state index contributed by atoms with van der Waals surface area (Å²) in [5.41, 5.74) is 0.810. The van der Waals surface area contributed by atoms with E-state index in [1.807, 2.05) is 0 Å². The summed E-state index contributed by atoms with van der Waals surface area (Å²) in [7, 11) is -4.53. The van der Waals surface area contributed by atoms with Gasteiger partial charge in [0.25, 0.3) is 0 Å². The largest absolute Gasteiger partial charge is 0.393 e. The molecule has 1 saturated carbocycles. The number of fused-ring (bicyclic) bond motifs is 1. The molecule has 1 aromatic carbocycles. The number of halogens is 2. The van der Waals surface area contributed by atoms with E-state index in [1.165, 1.54) is 12.1 Å². The Bertz CT molecular complexity index is 618. The average Bonchev–Trinajstić information content (AvgIpc) is 3.01. The van der Waals surface area contributed by atoms with Crippen LogP contribution in [-0.2, 0) is 9.84 Å². The molecule has 1 aliphatic heterocycles. The van der Waals surface area contributed by atoms with Gasteiger partial charge in [0.05, 0.1) is 11.0 Å². The van der Waals surface area contributed by atoms with Gasteiger partial charge in [-0.05, 0) is 43.0 Å². The van der Waals surface area contributed by atoms with Crippen molar-refractivity contribution >= 4 is 15.5 Å². The van der Waals surface area contributed by atoms with E-state index in [9.17, 15) is 22.3 Å². The van der Waals surface area contributed by atoms with Crippen LogP contribution in [0.5, 0.6) is 0 Å². The number of nitrogens with zero attached hydrogens (tertiary/aromatic N) is 1. The summed E-state index contributed by atoms with van der Waals surface area (Å²) in [6.07, 6.45) is 1.58. The van der Waals surface area contributed by atoms with E-state index in [0.29, 0.717) is 5.92 Å². The fraction of sp³-hybridized carbons (Fsp3) is 0.571. The smallest absolute Gasteiger partial charge is 0.341 e.